The Kier molecular flexibility index (Phi) is 6.12. The van der Waals surface area contributed by atoms with Crippen LogP contribution in [0.25, 0.3) is 0 Å². The van der Waals surface area contributed by atoms with Gasteiger partial charge in [-0.05, 0) is 31.4 Å². The Balaban J connectivity index is 3.19. The highest BCUT2D eigenvalue weighted by atomic mass is 28.3. The monoisotopic (exact) mass is 278 g/mol. The van der Waals surface area contributed by atoms with Crippen LogP contribution in [-0.2, 0) is 0 Å². The Morgan fingerprint density at radius 1 is 0.895 bits per heavy atom. The highest BCUT2D eigenvalue weighted by Crippen LogP contribution is 2.27. The van der Waals surface area contributed by atoms with Crippen LogP contribution in [0.5, 0.6) is 5.75 Å². The zero-order chi connectivity index (χ0) is 14.5. The lowest BCUT2D eigenvalue weighted by molar-refractivity contribution is 0.313. The minimum absolute atomic E-state index is 0.818. The largest absolute Gasteiger partial charge is 0.493 e. The summed E-state index contributed by atoms with van der Waals surface area (Å²) < 4.78 is 5.90. The molecule has 1 nitrogen and oxygen atoms in total. The first-order valence-electron chi connectivity index (χ1n) is 7.79. The molecule has 0 spiro atoms. The van der Waals surface area contributed by atoms with Gasteiger partial charge in [0.1, 0.15) is 5.75 Å². The van der Waals surface area contributed by atoms with E-state index >= 15 is 0 Å². The van der Waals surface area contributed by atoms with Gasteiger partial charge in [-0.2, -0.15) is 0 Å². The van der Waals surface area contributed by atoms with Crippen molar-refractivity contribution in [1.82, 2.24) is 0 Å². The van der Waals surface area contributed by atoms with E-state index in [1.54, 1.807) is 5.19 Å². The third-order valence-corrected chi connectivity index (χ3v) is 10.1. The van der Waals surface area contributed by atoms with Crippen molar-refractivity contribution in [2.24, 2.45) is 0 Å². The van der Waals surface area contributed by atoms with Gasteiger partial charge in [0.2, 0.25) is 0 Å². The fourth-order valence-electron chi connectivity index (χ4n) is 3.05. The summed E-state index contributed by atoms with van der Waals surface area (Å²) in [7, 11) is -1.27. The van der Waals surface area contributed by atoms with Gasteiger partial charge in [0.25, 0.3) is 0 Å². The van der Waals surface area contributed by atoms with Crippen molar-refractivity contribution in [3.05, 3.63) is 23.3 Å². The van der Waals surface area contributed by atoms with Gasteiger partial charge in [0.05, 0.1) is 14.7 Å². The van der Waals surface area contributed by atoms with Gasteiger partial charge in [-0.1, -0.05) is 63.1 Å². The van der Waals surface area contributed by atoms with Crippen LogP contribution in [0.1, 0.15) is 45.2 Å². The van der Waals surface area contributed by atoms with E-state index in [-0.39, 0.29) is 0 Å². The minimum Gasteiger partial charge on any atom is -0.493 e. The summed E-state index contributed by atoms with van der Waals surface area (Å²) in [4.78, 5) is 0. The molecule has 0 aromatic heterocycles. The van der Waals surface area contributed by atoms with Crippen LogP contribution in [0.15, 0.2) is 12.1 Å². The molecule has 19 heavy (non-hydrogen) atoms. The molecule has 0 atom stereocenters. The average molecular weight is 279 g/mol. The van der Waals surface area contributed by atoms with Crippen molar-refractivity contribution < 1.29 is 4.74 Å². The van der Waals surface area contributed by atoms with E-state index in [1.165, 1.54) is 29.3 Å². The topological polar surface area (TPSA) is 9.23 Å². The minimum atomic E-state index is -1.27. The molecule has 1 aromatic rings. The Morgan fingerprint density at radius 2 is 1.37 bits per heavy atom. The number of hydrogen-bond acceptors (Lipinski definition) is 1. The molecule has 0 saturated heterocycles. The normalized spacial score (nSPS) is 11.7. The van der Waals surface area contributed by atoms with Crippen LogP contribution in [0.3, 0.4) is 0 Å². The third kappa shape index (κ3) is 3.41. The molecule has 2 heteroatoms. The SMILES string of the molecule is CCCOc1c(C)cc([Si](CC)(CC)CC)cc1C. The van der Waals surface area contributed by atoms with E-state index in [0.717, 1.165) is 18.8 Å². The number of hydrogen-bond donors (Lipinski definition) is 0. The molecule has 0 amide bonds. The van der Waals surface area contributed by atoms with E-state index in [0.29, 0.717) is 0 Å². The van der Waals surface area contributed by atoms with Gasteiger partial charge in [-0.25, -0.2) is 0 Å². The lowest BCUT2D eigenvalue weighted by Gasteiger charge is -2.30. The van der Waals surface area contributed by atoms with Crippen LogP contribution in [0, 0.1) is 13.8 Å². The first-order chi connectivity index (χ1) is 9.04. The molecule has 0 radical (unpaired) electrons. The van der Waals surface area contributed by atoms with Gasteiger partial charge in [0.15, 0.2) is 0 Å². The molecule has 108 valence electrons. The van der Waals surface area contributed by atoms with E-state index in [4.69, 9.17) is 4.74 Å². The molecule has 1 aromatic carbocycles. The average Bonchev–Trinajstić information content (AvgIpc) is 2.40. The predicted octanol–water partition coefficient (Wildman–Crippen LogP) is 4.81. The Bertz CT molecular complexity index is 376. The van der Waals surface area contributed by atoms with Gasteiger partial charge >= 0.3 is 0 Å². The quantitative estimate of drug-likeness (QED) is 0.651. The maximum Gasteiger partial charge on any atom is 0.125 e. The van der Waals surface area contributed by atoms with Crippen molar-refractivity contribution in [1.29, 1.82) is 0 Å². The summed E-state index contributed by atoms with van der Waals surface area (Å²) in [6, 6.07) is 8.83. The molecule has 0 bridgehead atoms. The summed E-state index contributed by atoms with van der Waals surface area (Å²) in [6.45, 7) is 14.5. The lowest BCUT2D eigenvalue weighted by atomic mass is 10.1. The molecule has 0 aliphatic carbocycles. The molecule has 0 aliphatic rings. The Hall–Kier alpha value is -0.763. The fourth-order valence-corrected chi connectivity index (χ4v) is 6.82. The van der Waals surface area contributed by atoms with Crippen molar-refractivity contribution in [2.75, 3.05) is 6.61 Å². The second-order valence-corrected chi connectivity index (χ2v) is 10.9. The van der Waals surface area contributed by atoms with Crippen molar-refractivity contribution in [3.8, 4) is 5.75 Å². The highest BCUT2D eigenvalue weighted by Gasteiger charge is 2.29. The first kappa shape index (κ1) is 16.3. The van der Waals surface area contributed by atoms with Crippen LogP contribution < -0.4 is 9.92 Å². The number of benzene rings is 1. The van der Waals surface area contributed by atoms with Crippen LogP contribution >= 0.6 is 0 Å². The van der Waals surface area contributed by atoms with Crippen molar-refractivity contribution >= 4 is 13.3 Å². The smallest absolute Gasteiger partial charge is 0.125 e. The zero-order valence-electron chi connectivity index (χ0n) is 13.6. The van der Waals surface area contributed by atoms with Gasteiger partial charge in [-0.3, -0.25) is 0 Å². The lowest BCUT2D eigenvalue weighted by Crippen LogP contribution is -2.46. The van der Waals surface area contributed by atoms with E-state index < -0.39 is 8.07 Å². The molecule has 0 fully saturated rings. The molecule has 0 N–H and O–H groups in total. The second kappa shape index (κ2) is 7.13. The summed E-state index contributed by atoms with van der Waals surface area (Å²) >= 11 is 0. The van der Waals surface area contributed by atoms with Crippen LogP contribution in [0.4, 0.5) is 0 Å². The van der Waals surface area contributed by atoms with E-state index in [9.17, 15) is 0 Å². The second-order valence-electron chi connectivity index (χ2n) is 5.63. The summed E-state index contributed by atoms with van der Waals surface area (Å²) in [6.07, 6.45) is 1.07. The summed E-state index contributed by atoms with van der Waals surface area (Å²) in [5, 5.41) is 1.62. The third-order valence-electron chi connectivity index (χ3n) is 4.55. The highest BCUT2D eigenvalue weighted by molar-refractivity contribution is 6.91. The van der Waals surface area contributed by atoms with Crippen LogP contribution in [0.2, 0.25) is 18.1 Å². The number of aryl methyl sites for hydroxylation is 2. The standard InChI is InChI=1S/C17H30OSi/c1-7-11-18-17-14(5)12-16(13-15(17)6)19(8-2,9-3)10-4/h12-13H,7-11H2,1-6H3. The van der Waals surface area contributed by atoms with Crippen LogP contribution in [-0.4, -0.2) is 14.7 Å². The molecular weight excluding hydrogens is 248 g/mol. The molecule has 0 saturated carbocycles. The predicted molar refractivity (Wildman–Crippen MR) is 88.5 cm³/mol. The Morgan fingerprint density at radius 3 is 1.74 bits per heavy atom. The van der Waals surface area contributed by atoms with Crippen molar-refractivity contribution in [3.63, 3.8) is 0 Å². The zero-order valence-corrected chi connectivity index (χ0v) is 14.6. The van der Waals surface area contributed by atoms with Gasteiger partial charge < -0.3 is 4.74 Å². The fraction of sp³-hybridized carbons (Fsp3) is 0.647. The van der Waals surface area contributed by atoms with E-state index in [2.05, 4.69) is 53.7 Å². The Labute approximate surface area is 120 Å². The number of ether oxygens (including phenoxy) is 1. The molecule has 0 heterocycles. The van der Waals surface area contributed by atoms with Gasteiger partial charge in [0, 0.05) is 0 Å². The summed E-state index contributed by atoms with van der Waals surface area (Å²) in [5.41, 5.74) is 2.63. The summed E-state index contributed by atoms with van der Waals surface area (Å²) in [5.74, 6) is 1.11. The van der Waals surface area contributed by atoms with Gasteiger partial charge in [-0.15, -0.1) is 0 Å². The molecular formula is C17H30OSi. The maximum absolute atomic E-state index is 5.90. The molecule has 0 unspecified atom stereocenters. The number of rotatable bonds is 7. The molecule has 1 rings (SSSR count). The van der Waals surface area contributed by atoms with Crippen molar-refractivity contribution in [2.45, 2.75) is 66.1 Å². The van der Waals surface area contributed by atoms with E-state index in [1.807, 2.05) is 0 Å². The molecule has 0 aliphatic heterocycles. The maximum atomic E-state index is 5.90. The first-order valence-corrected chi connectivity index (χ1v) is 10.4.